The van der Waals surface area contributed by atoms with Gasteiger partial charge in [-0.15, -0.1) is 0 Å². The first-order valence-electron chi connectivity index (χ1n) is 8.25. The smallest absolute Gasteiger partial charge is 0.253 e. The average molecular weight is 330 g/mol. The normalized spacial score (nSPS) is 11.5. The summed E-state index contributed by atoms with van der Waals surface area (Å²) in [6, 6.07) is 7.35. The molecule has 130 valence electrons. The van der Waals surface area contributed by atoms with Crippen molar-refractivity contribution in [1.29, 1.82) is 0 Å². The largest absolute Gasteiger partial charge is 0.497 e. The van der Waals surface area contributed by atoms with Crippen LogP contribution in [0.5, 0.6) is 5.75 Å². The third-order valence-electron chi connectivity index (χ3n) is 3.91. The van der Waals surface area contributed by atoms with Crippen LogP contribution in [0, 0.1) is 5.41 Å². The van der Waals surface area contributed by atoms with Crippen LogP contribution in [0.25, 0.3) is 10.9 Å². The van der Waals surface area contributed by atoms with Crippen LogP contribution >= 0.6 is 0 Å². The van der Waals surface area contributed by atoms with Gasteiger partial charge in [-0.25, -0.2) is 0 Å². The van der Waals surface area contributed by atoms with Gasteiger partial charge in [0.2, 0.25) is 5.91 Å². The number of carbonyl (C=O) groups is 1. The van der Waals surface area contributed by atoms with Crippen molar-refractivity contribution in [3.05, 3.63) is 40.2 Å². The second kappa shape index (κ2) is 7.07. The fourth-order valence-electron chi connectivity index (χ4n) is 2.68. The van der Waals surface area contributed by atoms with E-state index in [0.29, 0.717) is 18.7 Å². The predicted molar refractivity (Wildman–Crippen MR) is 96.3 cm³/mol. The number of hydrogen-bond acceptors (Lipinski definition) is 3. The molecule has 1 aromatic heterocycles. The Morgan fingerprint density at radius 3 is 2.54 bits per heavy atom. The van der Waals surface area contributed by atoms with E-state index in [2.05, 4.69) is 4.98 Å². The van der Waals surface area contributed by atoms with Crippen molar-refractivity contribution in [2.24, 2.45) is 5.41 Å². The van der Waals surface area contributed by atoms with Crippen LogP contribution in [-0.4, -0.2) is 29.4 Å². The molecule has 2 aromatic rings. The van der Waals surface area contributed by atoms with E-state index in [1.165, 1.54) is 0 Å². The monoisotopic (exact) mass is 330 g/mol. The molecular weight excluding hydrogens is 304 g/mol. The summed E-state index contributed by atoms with van der Waals surface area (Å²) in [6.07, 6.45) is 0.848. The lowest BCUT2D eigenvalue weighted by Crippen LogP contribution is -2.40. The van der Waals surface area contributed by atoms with Crippen LogP contribution in [0.2, 0.25) is 0 Å². The summed E-state index contributed by atoms with van der Waals surface area (Å²) in [5.74, 6) is 0.783. The van der Waals surface area contributed by atoms with Gasteiger partial charge in [0.15, 0.2) is 0 Å². The van der Waals surface area contributed by atoms with E-state index >= 15 is 0 Å². The highest BCUT2D eigenvalue weighted by Crippen LogP contribution is 2.21. The van der Waals surface area contributed by atoms with Crippen LogP contribution < -0.4 is 10.3 Å². The van der Waals surface area contributed by atoms with Crippen LogP contribution in [0.4, 0.5) is 0 Å². The van der Waals surface area contributed by atoms with Crippen LogP contribution in [-0.2, 0) is 11.3 Å². The Balaban J connectivity index is 2.40. The highest BCUT2D eigenvalue weighted by Gasteiger charge is 2.27. The first-order chi connectivity index (χ1) is 11.3. The van der Waals surface area contributed by atoms with Crippen molar-refractivity contribution in [3.8, 4) is 5.75 Å². The molecule has 0 bridgehead atoms. The number of carbonyl (C=O) groups excluding carboxylic acids is 1. The maximum atomic E-state index is 12.6. The molecule has 1 aromatic carbocycles. The molecule has 5 nitrogen and oxygen atoms in total. The SMILES string of the molecule is CCCN(Cc1cc2cc(OC)ccc2[nH]c1=O)C(=O)C(C)(C)C. The average Bonchev–Trinajstić information content (AvgIpc) is 2.53. The molecule has 1 amide bonds. The van der Waals surface area contributed by atoms with Crippen molar-refractivity contribution in [1.82, 2.24) is 9.88 Å². The lowest BCUT2D eigenvalue weighted by molar-refractivity contribution is -0.140. The number of nitrogens with zero attached hydrogens (tertiary/aromatic N) is 1. The van der Waals surface area contributed by atoms with Gasteiger partial charge in [-0.2, -0.15) is 0 Å². The minimum absolute atomic E-state index is 0.0505. The Bertz CT molecular complexity index is 787. The summed E-state index contributed by atoms with van der Waals surface area (Å²) in [5, 5.41) is 0.892. The number of methoxy groups -OCH3 is 1. The summed E-state index contributed by atoms with van der Waals surface area (Å²) in [4.78, 5) is 29.6. The third-order valence-corrected chi connectivity index (χ3v) is 3.91. The Morgan fingerprint density at radius 1 is 1.25 bits per heavy atom. The molecule has 0 unspecified atom stereocenters. The zero-order valence-electron chi connectivity index (χ0n) is 15.1. The molecule has 0 aliphatic heterocycles. The van der Waals surface area contributed by atoms with E-state index in [9.17, 15) is 9.59 Å². The van der Waals surface area contributed by atoms with Crippen molar-refractivity contribution >= 4 is 16.8 Å². The Labute approximate surface area is 142 Å². The topological polar surface area (TPSA) is 62.4 Å². The maximum absolute atomic E-state index is 12.6. The molecule has 0 aliphatic rings. The van der Waals surface area contributed by atoms with Gasteiger partial charge in [0.05, 0.1) is 13.7 Å². The number of ether oxygens (including phenoxy) is 1. The van der Waals surface area contributed by atoms with E-state index in [1.54, 1.807) is 12.0 Å². The van der Waals surface area contributed by atoms with E-state index < -0.39 is 5.41 Å². The number of pyridine rings is 1. The fraction of sp³-hybridized carbons (Fsp3) is 0.474. The number of amides is 1. The fourth-order valence-corrected chi connectivity index (χ4v) is 2.68. The number of H-pyrrole nitrogens is 1. The molecule has 0 spiro atoms. The summed E-state index contributed by atoms with van der Waals surface area (Å²) >= 11 is 0. The highest BCUT2D eigenvalue weighted by molar-refractivity contribution is 5.82. The molecule has 0 saturated carbocycles. The zero-order chi connectivity index (χ0) is 17.9. The first kappa shape index (κ1) is 18.0. The van der Waals surface area contributed by atoms with Crippen LogP contribution in [0.3, 0.4) is 0 Å². The van der Waals surface area contributed by atoms with Gasteiger partial charge in [-0.1, -0.05) is 27.7 Å². The number of nitrogens with one attached hydrogen (secondary N) is 1. The number of hydrogen-bond donors (Lipinski definition) is 1. The molecule has 0 radical (unpaired) electrons. The van der Waals surface area contributed by atoms with E-state index in [4.69, 9.17) is 4.74 Å². The Kier molecular flexibility index (Phi) is 5.32. The molecular formula is C19H26N2O3. The minimum atomic E-state index is -0.470. The molecule has 0 fully saturated rings. The molecule has 0 saturated heterocycles. The number of rotatable bonds is 5. The quantitative estimate of drug-likeness (QED) is 0.915. The van der Waals surface area contributed by atoms with E-state index in [1.807, 2.05) is 52.0 Å². The van der Waals surface area contributed by atoms with E-state index in [0.717, 1.165) is 23.1 Å². The van der Waals surface area contributed by atoms with Gasteiger partial charge in [0, 0.05) is 28.4 Å². The summed E-state index contributed by atoms with van der Waals surface area (Å²) in [5.41, 5.74) is 0.716. The van der Waals surface area contributed by atoms with Gasteiger partial charge in [0.25, 0.3) is 5.56 Å². The Hall–Kier alpha value is -2.30. The molecule has 24 heavy (non-hydrogen) atoms. The summed E-state index contributed by atoms with van der Waals surface area (Å²) < 4.78 is 5.24. The molecule has 1 heterocycles. The van der Waals surface area contributed by atoms with Gasteiger partial charge < -0.3 is 14.6 Å². The van der Waals surface area contributed by atoms with E-state index in [-0.39, 0.29) is 11.5 Å². The minimum Gasteiger partial charge on any atom is -0.497 e. The van der Waals surface area contributed by atoms with Crippen LogP contribution in [0.15, 0.2) is 29.1 Å². The first-order valence-corrected chi connectivity index (χ1v) is 8.25. The van der Waals surface area contributed by atoms with Gasteiger partial charge in [0.1, 0.15) is 5.75 Å². The number of fused-ring (bicyclic) bond motifs is 1. The van der Waals surface area contributed by atoms with Crippen molar-refractivity contribution in [3.63, 3.8) is 0 Å². The molecule has 0 atom stereocenters. The van der Waals surface area contributed by atoms with Gasteiger partial charge in [-0.05, 0) is 30.7 Å². The zero-order valence-corrected chi connectivity index (χ0v) is 15.1. The highest BCUT2D eigenvalue weighted by atomic mass is 16.5. The second-order valence-corrected chi connectivity index (χ2v) is 7.05. The summed E-state index contributed by atoms with van der Waals surface area (Å²) in [7, 11) is 1.61. The third kappa shape index (κ3) is 3.96. The standard InChI is InChI=1S/C19H26N2O3/c1-6-9-21(18(23)19(2,3)4)12-14-10-13-11-15(24-5)7-8-16(13)20-17(14)22/h7-8,10-11H,6,9,12H2,1-5H3,(H,20,22). The lowest BCUT2D eigenvalue weighted by atomic mass is 9.94. The van der Waals surface area contributed by atoms with Gasteiger partial charge >= 0.3 is 0 Å². The summed E-state index contributed by atoms with van der Waals surface area (Å²) in [6.45, 7) is 8.66. The van der Waals surface area contributed by atoms with Crippen molar-refractivity contribution in [2.75, 3.05) is 13.7 Å². The molecule has 2 rings (SSSR count). The molecule has 5 heteroatoms. The lowest BCUT2D eigenvalue weighted by Gasteiger charge is -2.29. The Morgan fingerprint density at radius 2 is 1.96 bits per heavy atom. The van der Waals surface area contributed by atoms with Crippen LogP contribution in [0.1, 0.15) is 39.7 Å². The number of benzene rings is 1. The number of aromatic amines is 1. The molecule has 1 N–H and O–H groups in total. The molecule has 0 aliphatic carbocycles. The maximum Gasteiger partial charge on any atom is 0.253 e. The predicted octanol–water partition coefficient (Wildman–Crippen LogP) is 3.32. The number of aromatic nitrogens is 1. The van der Waals surface area contributed by atoms with Crippen molar-refractivity contribution < 1.29 is 9.53 Å². The second-order valence-electron chi connectivity index (χ2n) is 7.05. The van der Waals surface area contributed by atoms with Gasteiger partial charge in [-0.3, -0.25) is 9.59 Å². The van der Waals surface area contributed by atoms with Crippen molar-refractivity contribution in [2.45, 2.75) is 40.7 Å².